The molecule has 1 aliphatic carbocycles. The van der Waals surface area contributed by atoms with E-state index in [2.05, 4.69) is 15.6 Å². The number of alkyl halides is 3. The van der Waals surface area contributed by atoms with Gasteiger partial charge in [0.2, 0.25) is 5.91 Å². The van der Waals surface area contributed by atoms with Crippen LogP contribution in [0.5, 0.6) is 0 Å². The number of pyridine rings is 1. The molecule has 1 heterocycles. The van der Waals surface area contributed by atoms with E-state index in [-0.39, 0.29) is 18.0 Å². The Balaban J connectivity index is 1.36. The molecule has 0 spiro atoms. The molecule has 3 aromatic rings. The molecule has 1 saturated carbocycles. The molecule has 32 heavy (non-hydrogen) atoms. The van der Waals surface area contributed by atoms with E-state index in [1.807, 2.05) is 12.1 Å². The highest BCUT2D eigenvalue weighted by molar-refractivity contribution is 6.30. The van der Waals surface area contributed by atoms with Gasteiger partial charge in [0.15, 0.2) is 0 Å². The van der Waals surface area contributed by atoms with Crippen molar-refractivity contribution in [2.75, 3.05) is 5.32 Å². The molecular weight excluding hydrogens is 439 g/mol. The molecule has 4 nitrogen and oxygen atoms in total. The second kappa shape index (κ2) is 9.36. The number of anilines is 1. The molecule has 1 aromatic heterocycles. The molecule has 2 aromatic carbocycles. The van der Waals surface area contributed by atoms with Gasteiger partial charge in [0.25, 0.3) is 0 Å². The molecule has 1 aliphatic rings. The minimum Gasteiger partial charge on any atom is -0.382 e. The van der Waals surface area contributed by atoms with Crippen molar-refractivity contribution in [1.82, 2.24) is 10.3 Å². The van der Waals surface area contributed by atoms with Crippen LogP contribution in [0.15, 0.2) is 54.6 Å². The van der Waals surface area contributed by atoms with Gasteiger partial charge in [-0.1, -0.05) is 41.9 Å². The van der Waals surface area contributed by atoms with Crippen LogP contribution in [0, 0.1) is 0 Å². The monoisotopic (exact) mass is 461 g/mol. The van der Waals surface area contributed by atoms with Gasteiger partial charge in [0, 0.05) is 28.2 Å². The maximum Gasteiger partial charge on any atom is 0.433 e. The van der Waals surface area contributed by atoms with Gasteiger partial charge in [-0.15, -0.1) is 0 Å². The highest BCUT2D eigenvalue weighted by Gasteiger charge is 2.33. The number of benzene rings is 2. The summed E-state index contributed by atoms with van der Waals surface area (Å²) >= 11 is 5.87. The Morgan fingerprint density at radius 3 is 2.34 bits per heavy atom. The molecule has 0 bridgehead atoms. The Bertz CT molecular complexity index is 1090. The lowest BCUT2D eigenvalue weighted by atomic mass is 9.90. The van der Waals surface area contributed by atoms with Gasteiger partial charge in [-0.05, 0) is 55.5 Å². The molecule has 168 valence electrons. The number of nitrogens with one attached hydrogen (secondary N) is 2. The van der Waals surface area contributed by atoms with E-state index in [1.54, 1.807) is 36.4 Å². The van der Waals surface area contributed by atoms with Crippen molar-refractivity contribution in [2.45, 2.75) is 50.4 Å². The topological polar surface area (TPSA) is 54.0 Å². The first-order valence-electron chi connectivity index (χ1n) is 10.6. The van der Waals surface area contributed by atoms with Gasteiger partial charge in [0.1, 0.15) is 5.69 Å². The van der Waals surface area contributed by atoms with Crippen molar-refractivity contribution >= 4 is 34.1 Å². The van der Waals surface area contributed by atoms with Crippen molar-refractivity contribution < 1.29 is 18.0 Å². The fourth-order valence-electron chi connectivity index (χ4n) is 4.11. The number of para-hydroxylation sites is 1. The fraction of sp³-hybridized carbons (Fsp3) is 0.333. The van der Waals surface area contributed by atoms with Gasteiger partial charge in [-0.3, -0.25) is 4.79 Å². The summed E-state index contributed by atoms with van der Waals surface area (Å²) in [5, 5.41) is 7.65. The fourth-order valence-corrected chi connectivity index (χ4v) is 4.23. The van der Waals surface area contributed by atoms with Crippen LogP contribution in [0.25, 0.3) is 10.9 Å². The molecule has 0 radical (unpaired) electrons. The Hall–Kier alpha value is -2.80. The first-order valence-corrected chi connectivity index (χ1v) is 10.9. The number of halogens is 4. The maximum absolute atomic E-state index is 13.3. The van der Waals surface area contributed by atoms with E-state index in [0.29, 0.717) is 28.0 Å². The number of aromatic nitrogens is 1. The van der Waals surface area contributed by atoms with Crippen molar-refractivity contribution in [3.05, 3.63) is 70.9 Å². The number of rotatable bonds is 5. The van der Waals surface area contributed by atoms with Gasteiger partial charge < -0.3 is 10.6 Å². The summed E-state index contributed by atoms with van der Waals surface area (Å²) in [7, 11) is 0. The number of hydrogen-bond donors (Lipinski definition) is 2. The number of fused-ring (bicyclic) bond motifs is 1. The van der Waals surface area contributed by atoms with Crippen LogP contribution >= 0.6 is 11.6 Å². The molecule has 0 saturated heterocycles. The lowest BCUT2D eigenvalue weighted by molar-refractivity contribution is -0.140. The molecule has 0 aliphatic heterocycles. The average molecular weight is 462 g/mol. The smallest absolute Gasteiger partial charge is 0.382 e. The third-order valence-electron chi connectivity index (χ3n) is 5.74. The molecule has 0 unspecified atom stereocenters. The number of nitrogens with zero attached hydrogens (tertiary/aromatic N) is 1. The zero-order valence-corrected chi connectivity index (χ0v) is 18.0. The average Bonchev–Trinajstić information content (AvgIpc) is 2.76. The summed E-state index contributed by atoms with van der Waals surface area (Å²) in [6.07, 6.45) is -1.18. The van der Waals surface area contributed by atoms with Crippen LogP contribution < -0.4 is 10.6 Å². The number of amides is 1. The van der Waals surface area contributed by atoms with Crippen LogP contribution in [-0.2, 0) is 17.4 Å². The largest absolute Gasteiger partial charge is 0.433 e. The molecule has 0 atom stereocenters. The molecule has 8 heteroatoms. The summed E-state index contributed by atoms with van der Waals surface area (Å²) in [5.41, 5.74) is 0.750. The van der Waals surface area contributed by atoms with Gasteiger partial charge >= 0.3 is 6.18 Å². The van der Waals surface area contributed by atoms with E-state index in [1.165, 1.54) is 0 Å². The van der Waals surface area contributed by atoms with Crippen molar-refractivity contribution in [2.24, 2.45) is 0 Å². The van der Waals surface area contributed by atoms with Crippen LogP contribution in [0.2, 0.25) is 5.02 Å². The van der Waals surface area contributed by atoms with Crippen LogP contribution in [0.4, 0.5) is 18.9 Å². The number of hydrogen-bond acceptors (Lipinski definition) is 3. The summed E-state index contributed by atoms with van der Waals surface area (Å²) < 4.78 is 39.9. The summed E-state index contributed by atoms with van der Waals surface area (Å²) in [6, 6.07) is 15.2. The minimum atomic E-state index is -4.51. The minimum absolute atomic E-state index is 0.0336. The van der Waals surface area contributed by atoms with Crippen LogP contribution in [-0.4, -0.2) is 23.0 Å². The Morgan fingerprint density at radius 2 is 1.66 bits per heavy atom. The molecule has 4 rings (SSSR count). The third-order valence-corrected chi connectivity index (χ3v) is 5.99. The predicted molar refractivity (Wildman–Crippen MR) is 120 cm³/mol. The first kappa shape index (κ1) is 22.4. The van der Waals surface area contributed by atoms with Crippen LogP contribution in [0.1, 0.15) is 36.9 Å². The number of carbonyl (C=O) groups excluding carboxylic acids is 1. The first-order chi connectivity index (χ1) is 15.3. The normalized spacial score (nSPS) is 19.0. The zero-order valence-electron chi connectivity index (χ0n) is 17.3. The highest BCUT2D eigenvalue weighted by Crippen LogP contribution is 2.34. The third kappa shape index (κ3) is 5.51. The second-order valence-corrected chi connectivity index (χ2v) is 8.57. The number of carbonyl (C=O) groups is 1. The van der Waals surface area contributed by atoms with E-state index in [0.717, 1.165) is 37.3 Å². The summed E-state index contributed by atoms with van der Waals surface area (Å²) in [5.74, 6) is -0.0429. The summed E-state index contributed by atoms with van der Waals surface area (Å²) in [6.45, 7) is 0. The standard InChI is InChI=1S/C24H23ClF3N3O/c25-16-7-5-15(6-8-16)13-23(32)30-18-11-9-17(10-12-18)29-21-14-22(24(26,27)28)31-20-4-2-1-3-19(20)21/h1-8,14,17-18H,9-13H2,(H,29,31)(H,30,32). The SMILES string of the molecule is O=C(Cc1ccc(Cl)cc1)NC1CCC(Nc2cc(C(F)(F)F)nc3ccccc23)CC1. The van der Waals surface area contributed by atoms with Crippen LogP contribution in [0.3, 0.4) is 0 Å². The Kier molecular flexibility index (Phi) is 6.55. The Labute approximate surface area is 189 Å². The predicted octanol–water partition coefficient (Wildman–Crippen LogP) is 5.99. The molecule has 1 fully saturated rings. The lowest BCUT2D eigenvalue weighted by Crippen LogP contribution is -2.40. The van der Waals surface area contributed by atoms with E-state index < -0.39 is 11.9 Å². The second-order valence-electron chi connectivity index (χ2n) is 8.13. The molecular formula is C24H23ClF3N3O. The Morgan fingerprint density at radius 1 is 1.00 bits per heavy atom. The van der Waals surface area contributed by atoms with Crippen molar-refractivity contribution in [3.8, 4) is 0 Å². The highest BCUT2D eigenvalue weighted by atomic mass is 35.5. The quantitative estimate of drug-likeness (QED) is 0.490. The molecule has 2 N–H and O–H groups in total. The zero-order chi connectivity index (χ0) is 22.7. The maximum atomic E-state index is 13.3. The van der Waals surface area contributed by atoms with Crippen molar-refractivity contribution in [3.63, 3.8) is 0 Å². The van der Waals surface area contributed by atoms with E-state index in [9.17, 15) is 18.0 Å². The van der Waals surface area contributed by atoms with E-state index in [4.69, 9.17) is 11.6 Å². The van der Waals surface area contributed by atoms with Gasteiger partial charge in [-0.2, -0.15) is 13.2 Å². The van der Waals surface area contributed by atoms with Crippen molar-refractivity contribution in [1.29, 1.82) is 0 Å². The van der Waals surface area contributed by atoms with Gasteiger partial charge in [0.05, 0.1) is 11.9 Å². The van der Waals surface area contributed by atoms with E-state index >= 15 is 0 Å². The molecule has 1 amide bonds. The summed E-state index contributed by atoms with van der Waals surface area (Å²) in [4.78, 5) is 16.1. The van der Waals surface area contributed by atoms with Gasteiger partial charge in [-0.25, -0.2) is 4.98 Å². The lowest BCUT2D eigenvalue weighted by Gasteiger charge is -2.30.